The number of hydrogen-bond acceptors (Lipinski definition) is 4. The Morgan fingerprint density at radius 1 is 1.04 bits per heavy atom. The van der Waals surface area contributed by atoms with Crippen LogP contribution >= 0.6 is 0 Å². The van der Waals surface area contributed by atoms with Crippen LogP contribution in [0.25, 0.3) is 0 Å². The maximum absolute atomic E-state index is 12.9. The number of amides is 1. The lowest BCUT2D eigenvalue weighted by Crippen LogP contribution is -2.28. The first-order valence-electron chi connectivity index (χ1n) is 8.68. The van der Waals surface area contributed by atoms with Gasteiger partial charge in [-0.25, -0.2) is 0 Å². The number of carbonyl (C=O) groups is 1. The van der Waals surface area contributed by atoms with Gasteiger partial charge in [0.05, 0.1) is 6.54 Å². The number of benzene rings is 2. The molecule has 3 aromatic rings. The minimum atomic E-state index is 0.0109. The maximum Gasteiger partial charge on any atom is 0.235 e. The molecule has 0 radical (unpaired) electrons. The van der Waals surface area contributed by atoms with Crippen LogP contribution in [0.1, 0.15) is 40.8 Å². The van der Waals surface area contributed by atoms with E-state index < -0.39 is 0 Å². The van der Waals surface area contributed by atoms with Crippen LogP contribution in [0.4, 0.5) is 0 Å². The van der Waals surface area contributed by atoms with Crippen molar-refractivity contribution >= 4 is 5.91 Å². The van der Waals surface area contributed by atoms with Gasteiger partial charge in [0.25, 0.3) is 0 Å². The molecule has 26 heavy (non-hydrogen) atoms. The molecule has 5 heteroatoms. The molecule has 1 aromatic heterocycles. The molecule has 134 valence electrons. The summed E-state index contributed by atoms with van der Waals surface area (Å²) < 4.78 is 5.38. The first kappa shape index (κ1) is 17.9. The van der Waals surface area contributed by atoms with Crippen molar-refractivity contribution < 1.29 is 9.21 Å². The summed E-state index contributed by atoms with van der Waals surface area (Å²) in [5, 5.41) is 7.78. The summed E-state index contributed by atoms with van der Waals surface area (Å²) in [4.78, 5) is 14.5. The fourth-order valence-corrected chi connectivity index (χ4v) is 3.09. The Morgan fingerprint density at radius 3 is 2.38 bits per heavy atom. The summed E-state index contributed by atoms with van der Waals surface area (Å²) in [5.41, 5.74) is 3.50. The monoisotopic (exact) mass is 349 g/mol. The van der Waals surface area contributed by atoms with Gasteiger partial charge >= 0.3 is 0 Å². The average Bonchev–Trinajstić information content (AvgIpc) is 3.05. The Hall–Kier alpha value is -2.95. The highest BCUT2D eigenvalue weighted by atomic mass is 16.4. The highest BCUT2D eigenvalue weighted by Gasteiger charge is 2.22. The van der Waals surface area contributed by atoms with Gasteiger partial charge < -0.3 is 9.32 Å². The standard InChI is InChI=1S/C21H23N3O2/c1-15-9-7-8-12-18(15)19(17-10-5-4-6-11-17)13-21(25)24(3)14-20-23-22-16(2)26-20/h4-12,19H,13-14H2,1-3H3/t19-/m0/s1. The van der Waals surface area contributed by atoms with Crippen LogP contribution in [-0.2, 0) is 11.3 Å². The lowest BCUT2D eigenvalue weighted by molar-refractivity contribution is -0.130. The fraction of sp³-hybridized carbons (Fsp3) is 0.286. The van der Waals surface area contributed by atoms with Gasteiger partial charge in [-0.1, -0.05) is 54.6 Å². The Morgan fingerprint density at radius 2 is 1.73 bits per heavy atom. The number of nitrogens with zero attached hydrogens (tertiary/aromatic N) is 3. The Balaban J connectivity index is 1.81. The molecule has 3 rings (SSSR count). The summed E-state index contributed by atoms with van der Waals surface area (Å²) >= 11 is 0. The van der Waals surface area contributed by atoms with E-state index in [0.29, 0.717) is 24.7 Å². The maximum atomic E-state index is 12.9. The molecule has 1 heterocycles. The topological polar surface area (TPSA) is 59.2 Å². The Bertz CT molecular complexity index is 874. The number of aromatic nitrogens is 2. The highest BCUT2D eigenvalue weighted by molar-refractivity contribution is 5.77. The Kier molecular flexibility index (Phi) is 5.46. The van der Waals surface area contributed by atoms with Gasteiger partial charge in [0.15, 0.2) is 0 Å². The van der Waals surface area contributed by atoms with Crippen molar-refractivity contribution in [3.63, 3.8) is 0 Å². The third-order valence-electron chi connectivity index (χ3n) is 4.51. The minimum absolute atomic E-state index is 0.0109. The van der Waals surface area contributed by atoms with E-state index >= 15 is 0 Å². The van der Waals surface area contributed by atoms with Crippen LogP contribution in [0.5, 0.6) is 0 Å². The number of rotatable bonds is 6. The van der Waals surface area contributed by atoms with E-state index in [9.17, 15) is 4.79 Å². The van der Waals surface area contributed by atoms with E-state index in [1.165, 1.54) is 11.1 Å². The zero-order valence-electron chi connectivity index (χ0n) is 15.3. The summed E-state index contributed by atoms with van der Waals surface area (Å²) in [6.07, 6.45) is 0.387. The van der Waals surface area contributed by atoms with Gasteiger partial charge in [0, 0.05) is 26.3 Å². The zero-order chi connectivity index (χ0) is 18.5. The van der Waals surface area contributed by atoms with Crippen molar-refractivity contribution in [1.29, 1.82) is 0 Å². The van der Waals surface area contributed by atoms with Crippen LogP contribution in [0.15, 0.2) is 59.0 Å². The van der Waals surface area contributed by atoms with Gasteiger partial charge in [-0.15, -0.1) is 10.2 Å². The molecule has 0 N–H and O–H groups in total. The third kappa shape index (κ3) is 4.17. The van der Waals surface area contributed by atoms with E-state index in [1.54, 1.807) is 18.9 Å². The molecule has 0 spiro atoms. The number of aryl methyl sites for hydroxylation is 2. The van der Waals surface area contributed by atoms with E-state index in [0.717, 1.165) is 5.56 Å². The average molecular weight is 349 g/mol. The summed E-state index contributed by atoms with van der Waals surface area (Å²) in [6.45, 7) is 4.14. The SMILES string of the molecule is Cc1nnc(CN(C)C(=O)C[C@@H](c2ccccc2)c2ccccc2C)o1. The molecule has 2 aromatic carbocycles. The highest BCUT2D eigenvalue weighted by Crippen LogP contribution is 2.30. The molecule has 0 aliphatic heterocycles. The second kappa shape index (κ2) is 7.95. The van der Waals surface area contributed by atoms with Gasteiger partial charge in [0.2, 0.25) is 17.7 Å². The van der Waals surface area contributed by atoms with E-state index in [1.807, 2.05) is 30.3 Å². The van der Waals surface area contributed by atoms with E-state index in [2.05, 4.69) is 41.4 Å². The minimum Gasteiger partial charge on any atom is -0.424 e. The van der Waals surface area contributed by atoms with Crippen LogP contribution in [0.2, 0.25) is 0 Å². The first-order chi connectivity index (χ1) is 12.5. The second-order valence-corrected chi connectivity index (χ2v) is 6.49. The predicted molar refractivity (Wildman–Crippen MR) is 99.6 cm³/mol. The fourth-order valence-electron chi connectivity index (χ4n) is 3.09. The van der Waals surface area contributed by atoms with Crippen molar-refractivity contribution in [2.75, 3.05) is 7.05 Å². The van der Waals surface area contributed by atoms with Gasteiger partial charge in [-0.3, -0.25) is 4.79 Å². The first-order valence-corrected chi connectivity index (χ1v) is 8.68. The van der Waals surface area contributed by atoms with Crippen molar-refractivity contribution in [2.24, 2.45) is 0 Å². The Labute approximate surface area is 153 Å². The lowest BCUT2D eigenvalue weighted by atomic mass is 9.86. The van der Waals surface area contributed by atoms with Crippen molar-refractivity contribution in [3.05, 3.63) is 83.1 Å². The van der Waals surface area contributed by atoms with Gasteiger partial charge in [0.1, 0.15) is 0 Å². The molecule has 0 bridgehead atoms. The smallest absolute Gasteiger partial charge is 0.235 e. The molecular formula is C21H23N3O2. The summed E-state index contributed by atoms with van der Waals surface area (Å²) in [5.74, 6) is 1.00. The quantitative estimate of drug-likeness (QED) is 0.678. The predicted octanol–water partition coefficient (Wildman–Crippen LogP) is 3.87. The lowest BCUT2D eigenvalue weighted by Gasteiger charge is -2.23. The molecule has 0 saturated carbocycles. The number of carbonyl (C=O) groups excluding carboxylic acids is 1. The van der Waals surface area contributed by atoms with Crippen molar-refractivity contribution in [1.82, 2.24) is 15.1 Å². The summed E-state index contributed by atoms with van der Waals surface area (Å²) in [6, 6.07) is 18.4. The third-order valence-corrected chi connectivity index (χ3v) is 4.51. The number of hydrogen-bond donors (Lipinski definition) is 0. The summed E-state index contributed by atoms with van der Waals surface area (Å²) in [7, 11) is 1.77. The molecular weight excluding hydrogens is 326 g/mol. The molecule has 1 atom stereocenters. The van der Waals surface area contributed by atoms with Crippen molar-refractivity contribution in [2.45, 2.75) is 32.7 Å². The molecule has 0 fully saturated rings. The van der Waals surface area contributed by atoms with E-state index in [4.69, 9.17) is 4.42 Å². The van der Waals surface area contributed by atoms with Crippen LogP contribution in [0, 0.1) is 13.8 Å². The van der Waals surface area contributed by atoms with Crippen LogP contribution in [0.3, 0.4) is 0 Å². The largest absolute Gasteiger partial charge is 0.424 e. The van der Waals surface area contributed by atoms with Gasteiger partial charge in [-0.05, 0) is 23.6 Å². The van der Waals surface area contributed by atoms with Crippen LogP contribution < -0.4 is 0 Å². The van der Waals surface area contributed by atoms with Crippen LogP contribution in [-0.4, -0.2) is 28.1 Å². The molecule has 0 aliphatic carbocycles. The molecule has 1 amide bonds. The molecule has 0 unspecified atom stereocenters. The second-order valence-electron chi connectivity index (χ2n) is 6.49. The molecule has 0 aliphatic rings. The van der Waals surface area contributed by atoms with E-state index in [-0.39, 0.29) is 11.8 Å². The molecule has 5 nitrogen and oxygen atoms in total. The van der Waals surface area contributed by atoms with Gasteiger partial charge in [-0.2, -0.15) is 0 Å². The zero-order valence-corrected chi connectivity index (χ0v) is 15.3. The molecule has 0 saturated heterocycles. The normalized spacial score (nSPS) is 12.0. The van der Waals surface area contributed by atoms with Crippen molar-refractivity contribution in [3.8, 4) is 0 Å².